The van der Waals surface area contributed by atoms with Crippen LogP contribution in [0.2, 0.25) is 0 Å². The predicted molar refractivity (Wildman–Crippen MR) is 52.9 cm³/mol. The maximum atomic E-state index is 10.9. The maximum Gasteiger partial charge on any atom is 0.427 e. The van der Waals surface area contributed by atoms with E-state index in [1.807, 2.05) is 6.92 Å². The lowest BCUT2D eigenvalue weighted by Gasteiger charge is -2.11. The van der Waals surface area contributed by atoms with Gasteiger partial charge in [0.2, 0.25) is 0 Å². The van der Waals surface area contributed by atoms with Crippen molar-refractivity contribution in [2.45, 2.75) is 26.6 Å². The lowest BCUT2D eigenvalue weighted by Crippen LogP contribution is -2.18. The van der Waals surface area contributed by atoms with E-state index in [1.165, 1.54) is 13.0 Å². The molecule has 0 spiro atoms. The SMILES string of the molecule is C=CCOS(=O)(=O)OOC(C)OCCC. The van der Waals surface area contributed by atoms with Crippen molar-refractivity contribution < 1.29 is 26.6 Å². The number of hydrogen-bond acceptors (Lipinski definition) is 6. The standard InChI is InChI=1S/C8H16O6S/c1-4-6-11-8(3)13-14-15(9,10)12-7-5-2/h5,8H,2,4,6-7H2,1,3H3. The fourth-order valence-corrected chi connectivity index (χ4v) is 1.08. The molecule has 6 nitrogen and oxygen atoms in total. The smallest absolute Gasteiger partial charge is 0.350 e. The number of hydrogen-bond donors (Lipinski definition) is 0. The first kappa shape index (κ1) is 14.5. The highest BCUT2D eigenvalue weighted by Gasteiger charge is 2.15. The molecule has 0 aliphatic rings. The number of rotatable bonds is 9. The van der Waals surface area contributed by atoms with Gasteiger partial charge in [-0.2, -0.15) is 13.3 Å². The summed E-state index contributed by atoms with van der Waals surface area (Å²) in [7, 11) is -4.14. The Morgan fingerprint density at radius 1 is 1.47 bits per heavy atom. The summed E-state index contributed by atoms with van der Waals surface area (Å²) in [5, 5.41) is 0. The molecule has 0 aromatic carbocycles. The average molecular weight is 240 g/mol. The van der Waals surface area contributed by atoms with Gasteiger partial charge >= 0.3 is 10.4 Å². The van der Waals surface area contributed by atoms with Gasteiger partial charge in [0.1, 0.15) is 0 Å². The summed E-state index contributed by atoms with van der Waals surface area (Å²) in [6.07, 6.45) is 1.30. The van der Waals surface area contributed by atoms with Crippen LogP contribution < -0.4 is 0 Å². The molecule has 0 saturated heterocycles. The van der Waals surface area contributed by atoms with Crippen molar-refractivity contribution in [2.24, 2.45) is 0 Å². The van der Waals surface area contributed by atoms with E-state index in [2.05, 4.69) is 20.0 Å². The van der Waals surface area contributed by atoms with E-state index in [4.69, 9.17) is 4.74 Å². The Morgan fingerprint density at radius 2 is 2.13 bits per heavy atom. The fraction of sp³-hybridized carbons (Fsp3) is 0.750. The molecule has 0 aromatic heterocycles. The average Bonchev–Trinajstić information content (AvgIpc) is 2.21. The van der Waals surface area contributed by atoms with E-state index in [0.717, 1.165) is 6.42 Å². The molecule has 0 aliphatic carbocycles. The minimum absolute atomic E-state index is 0.171. The molecular formula is C8H16O6S. The lowest BCUT2D eigenvalue weighted by molar-refractivity contribution is -0.313. The van der Waals surface area contributed by atoms with E-state index >= 15 is 0 Å². The molecule has 1 unspecified atom stereocenters. The van der Waals surface area contributed by atoms with Gasteiger partial charge in [-0.05, 0) is 13.3 Å². The second kappa shape index (κ2) is 7.77. The van der Waals surface area contributed by atoms with E-state index in [0.29, 0.717) is 6.61 Å². The zero-order valence-electron chi connectivity index (χ0n) is 8.84. The second-order valence-corrected chi connectivity index (χ2v) is 3.77. The van der Waals surface area contributed by atoms with Crippen molar-refractivity contribution in [2.75, 3.05) is 13.2 Å². The molecule has 0 heterocycles. The predicted octanol–water partition coefficient (Wildman–Crippen LogP) is 1.15. The third kappa shape index (κ3) is 8.52. The minimum atomic E-state index is -4.14. The van der Waals surface area contributed by atoms with E-state index in [9.17, 15) is 8.42 Å². The van der Waals surface area contributed by atoms with Gasteiger partial charge in [-0.15, -0.1) is 6.58 Å². The van der Waals surface area contributed by atoms with E-state index in [-0.39, 0.29) is 6.61 Å². The Labute approximate surface area is 90.0 Å². The molecule has 90 valence electrons. The van der Waals surface area contributed by atoms with Gasteiger partial charge in [-0.3, -0.25) is 0 Å². The summed E-state index contributed by atoms with van der Waals surface area (Å²) in [6, 6.07) is 0. The van der Waals surface area contributed by atoms with Gasteiger partial charge < -0.3 is 4.74 Å². The van der Waals surface area contributed by atoms with Crippen LogP contribution in [0.15, 0.2) is 12.7 Å². The largest absolute Gasteiger partial charge is 0.427 e. The molecule has 0 fully saturated rings. The summed E-state index contributed by atoms with van der Waals surface area (Å²) in [5.41, 5.74) is 0. The Bertz CT molecular complexity index is 260. The van der Waals surface area contributed by atoms with Crippen LogP contribution in [0.3, 0.4) is 0 Å². The highest BCUT2D eigenvalue weighted by molar-refractivity contribution is 7.81. The zero-order chi connectivity index (χ0) is 11.7. The molecular weight excluding hydrogens is 224 g/mol. The van der Waals surface area contributed by atoms with Crippen molar-refractivity contribution >= 4 is 10.4 Å². The van der Waals surface area contributed by atoms with Crippen molar-refractivity contribution in [3.8, 4) is 0 Å². The molecule has 0 aliphatic heterocycles. The third-order valence-corrected chi connectivity index (χ3v) is 1.82. The molecule has 7 heteroatoms. The molecule has 0 saturated carbocycles. The van der Waals surface area contributed by atoms with Crippen LogP contribution in [0.1, 0.15) is 20.3 Å². The molecule has 0 amide bonds. The summed E-state index contributed by atoms with van der Waals surface area (Å²) in [5.74, 6) is 0. The highest BCUT2D eigenvalue weighted by atomic mass is 32.3. The topological polar surface area (TPSA) is 71.1 Å². The fourth-order valence-electron chi connectivity index (χ4n) is 0.566. The highest BCUT2D eigenvalue weighted by Crippen LogP contribution is 2.02. The van der Waals surface area contributed by atoms with Gasteiger partial charge in [0, 0.05) is 6.61 Å². The summed E-state index contributed by atoms with van der Waals surface area (Å²) in [6.45, 7) is 7.00. The van der Waals surface area contributed by atoms with Crippen molar-refractivity contribution in [1.29, 1.82) is 0 Å². The Balaban J connectivity index is 3.77. The molecule has 0 rings (SSSR count). The quantitative estimate of drug-likeness (QED) is 0.260. The van der Waals surface area contributed by atoms with E-state index in [1.54, 1.807) is 0 Å². The monoisotopic (exact) mass is 240 g/mol. The van der Waals surface area contributed by atoms with Crippen LogP contribution >= 0.6 is 0 Å². The maximum absolute atomic E-state index is 10.9. The van der Waals surface area contributed by atoms with Crippen molar-refractivity contribution in [3.05, 3.63) is 12.7 Å². The first-order chi connectivity index (χ1) is 7.02. The van der Waals surface area contributed by atoms with Gasteiger partial charge in [-0.25, -0.2) is 4.18 Å². The van der Waals surface area contributed by atoms with Gasteiger partial charge in [-0.1, -0.05) is 17.3 Å². The number of ether oxygens (including phenoxy) is 1. The minimum Gasteiger partial charge on any atom is -0.350 e. The molecule has 0 N–H and O–H groups in total. The van der Waals surface area contributed by atoms with Crippen LogP contribution in [0.5, 0.6) is 0 Å². The van der Waals surface area contributed by atoms with Crippen LogP contribution in [0.4, 0.5) is 0 Å². The molecule has 0 radical (unpaired) electrons. The lowest BCUT2D eigenvalue weighted by atomic mass is 10.5. The summed E-state index contributed by atoms with van der Waals surface area (Å²) >= 11 is 0. The Morgan fingerprint density at radius 3 is 2.67 bits per heavy atom. The molecule has 15 heavy (non-hydrogen) atoms. The van der Waals surface area contributed by atoms with Crippen molar-refractivity contribution in [1.82, 2.24) is 0 Å². The van der Waals surface area contributed by atoms with Crippen LogP contribution in [-0.4, -0.2) is 27.9 Å². The van der Waals surface area contributed by atoms with Gasteiger partial charge in [0.25, 0.3) is 0 Å². The summed E-state index contributed by atoms with van der Waals surface area (Å²) < 4.78 is 35.1. The van der Waals surface area contributed by atoms with Crippen LogP contribution in [0.25, 0.3) is 0 Å². The second-order valence-electron chi connectivity index (χ2n) is 2.58. The molecule has 0 aromatic rings. The van der Waals surface area contributed by atoms with Crippen LogP contribution in [-0.2, 0) is 28.5 Å². The Hall–Kier alpha value is -0.470. The summed E-state index contributed by atoms with van der Waals surface area (Å²) in [4.78, 5) is 4.44. The van der Waals surface area contributed by atoms with Gasteiger partial charge in [0.15, 0.2) is 6.29 Å². The molecule has 1 atom stereocenters. The first-order valence-electron chi connectivity index (χ1n) is 4.48. The normalized spacial score (nSPS) is 13.7. The van der Waals surface area contributed by atoms with Gasteiger partial charge in [0.05, 0.1) is 6.61 Å². The third-order valence-electron chi connectivity index (χ3n) is 1.15. The van der Waals surface area contributed by atoms with Crippen LogP contribution in [0, 0.1) is 0 Å². The van der Waals surface area contributed by atoms with Crippen molar-refractivity contribution in [3.63, 3.8) is 0 Å². The Kier molecular flexibility index (Phi) is 7.53. The van der Waals surface area contributed by atoms with E-state index < -0.39 is 16.7 Å². The molecule has 0 bridgehead atoms. The zero-order valence-corrected chi connectivity index (χ0v) is 9.66. The first-order valence-corrected chi connectivity index (χ1v) is 5.82.